The highest BCUT2D eigenvalue weighted by molar-refractivity contribution is 7.27. The fraction of sp³-hybridized carbons (Fsp3) is 0.481. The average molecular weight is 996 g/mol. The average Bonchev–Trinajstić information content (AvgIpc) is 4.18. The molecule has 8 rings (SSSR count). The van der Waals surface area contributed by atoms with Crippen LogP contribution in [0.15, 0.2) is 72.1 Å². The molecule has 350 valence electrons. The van der Waals surface area contributed by atoms with Gasteiger partial charge in [0.15, 0.2) is 0 Å². The van der Waals surface area contributed by atoms with Gasteiger partial charge < -0.3 is 9.80 Å². The van der Waals surface area contributed by atoms with Gasteiger partial charge in [0.2, 0.25) is 0 Å². The molecule has 0 aromatic carbocycles. The second kappa shape index (κ2) is 24.2. The summed E-state index contributed by atoms with van der Waals surface area (Å²) in [6.45, 7) is 10.1. The molecule has 8 heterocycles. The van der Waals surface area contributed by atoms with Crippen LogP contribution in [-0.2, 0) is 22.4 Å². The fourth-order valence-corrected chi connectivity index (χ4v) is 15.4. The van der Waals surface area contributed by atoms with Gasteiger partial charge in [0.25, 0.3) is 11.8 Å². The SMILES string of the molecule is CCCCCCCN1C(=O)C2=C(c3ncc(-c4ccc(-c5ccc(CCCCCC)s5)s4)s3)N(CCCCCCC)C(=O)C2=C1c1ncc(-c2ccc(-c3ccc(CCCCCC)s3)s2)s1. The number of fused-ring (bicyclic) bond motifs is 1. The number of rotatable bonds is 28. The van der Waals surface area contributed by atoms with E-state index in [4.69, 9.17) is 9.97 Å². The summed E-state index contributed by atoms with van der Waals surface area (Å²) in [5, 5.41) is 1.47. The molecule has 0 bridgehead atoms. The summed E-state index contributed by atoms with van der Waals surface area (Å²) in [7, 11) is 0. The molecule has 6 nitrogen and oxygen atoms in total. The highest BCUT2D eigenvalue weighted by Crippen LogP contribution is 2.50. The lowest BCUT2D eigenvalue weighted by molar-refractivity contribution is -0.124. The van der Waals surface area contributed by atoms with E-state index in [9.17, 15) is 0 Å². The third-order valence-electron chi connectivity index (χ3n) is 12.6. The Morgan fingerprint density at radius 3 is 1.11 bits per heavy atom. The van der Waals surface area contributed by atoms with Gasteiger partial charge in [-0.3, -0.25) is 9.59 Å². The highest BCUT2D eigenvalue weighted by Gasteiger charge is 2.50. The van der Waals surface area contributed by atoms with E-state index in [1.165, 1.54) is 93.5 Å². The molecule has 2 aliphatic heterocycles. The first-order valence-electron chi connectivity index (χ1n) is 24.9. The molecule has 66 heavy (non-hydrogen) atoms. The van der Waals surface area contributed by atoms with Crippen molar-refractivity contribution in [2.45, 2.75) is 156 Å². The first-order chi connectivity index (χ1) is 32.4. The van der Waals surface area contributed by atoms with Gasteiger partial charge in [-0.25, -0.2) is 9.97 Å². The summed E-state index contributed by atoms with van der Waals surface area (Å²) in [5.74, 6) is -0.187. The van der Waals surface area contributed by atoms with Crippen molar-refractivity contribution in [1.29, 1.82) is 0 Å². The van der Waals surface area contributed by atoms with E-state index in [-0.39, 0.29) is 11.8 Å². The fourth-order valence-electron chi connectivity index (χ4n) is 8.96. The van der Waals surface area contributed by atoms with Crippen LogP contribution < -0.4 is 0 Å². The summed E-state index contributed by atoms with van der Waals surface area (Å²) in [6.07, 6.45) is 27.2. The topological polar surface area (TPSA) is 66.4 Å². The number of carbonyl (C=O) groups excluding carboxylic acids is 2. The molecular weight excluding hydrogens is 929 g/mol. The Labute approximate surface area is 417 Å². The Bertz CT molecular complexity index is 2420. The number of nitrogens with zero attached hydrogens (tertiary/aromatic N) is 4. The van der Waals surface area contributed by atoms with Crippen LogP contribution in [-0.4, -0.2) is 44.7 Å². The number of thiophene rings is 4. The number of carbonyl (C=O) groups is 2. The Morgan fingerprint density at radius 1 is 0.379 bits per heavy atom. The second-order valence-electron chi connectivity index (χ2n) is 17.7. The maximum absolute atomic E-state index is 15.1. The summed E-state index contributed by atoms with van der Waals surface area (Å²) >= 11 is 10.6. The van der Waals surface area contributed by atoms with Crippen molar-refractivity contribution in [2.75, 3.05) is 13.1 Å². The summed E-state index contributed by atoms with van der Waals surface area (Å²) in [5.41, 5.74) is 2.38. The third kappa shape index (κ3) is 11.5. The van der Waals surface area contributed by atoms with Crippen molar-refractivity contribution in [3.63, 3.8) is 0 Å². The molecule has 0 aliphatic carbocycles. The minimum atomic E-state index is -0.0935. The van der Waals surface area contributed by atoms with Crippen LogP contribution in [0.2, 0.25) is 0 Å². The standard InChI is InChI=1S/C54H66N4O2S6/c1-5-9-13-17-21-33-57-49(51-55-35-45(65-51)43-31-29-41(63-43)39-27-25-37(61-39)23-19-15-11-7-3)47-48(53(57)59)50(58(54(47)60)34-22-18-14-10-6-2)52-56-36-46(66-52)44-32-30-42(64-44)40-28-26-38(62-40)24-20-16-12-8-4/h25-32,35-36H,5-24,33-34H2,1-4H3. The second-order valence-corrected chi connectivity index (χ2v) is 24.3. The van der Waals surface area contributed by atoms with Gasteiger partial charge in [-0.05, 0) is 87.1 Å². The third-order valence-corrected chi connectivity index (χ3v) is 19.9. The quantitative estimate of drug-likeness (QED) is 0.0459. The first-order valence-corrected chi connectivity index (χ1v) is 29.8. The zero-order valence-corrected chi connectivity index (χ0v) is 44.3. The maximum atomic E-state index is 15.1. The van der Waals surface area contributed by atoms with Crippen LogP contribution in [0.3, 0.4) is 0 Å². The zero-order valence-electron chi connectivity index (χ0n) is 39.4. The van der Waals surface area contributed by atoms with Crippen molar-refractivity contribution >= 4 is 91.2 Å². The molecule has 0 radical (unpaired) electrons. The van der Waals surface area contributed by atoms with E-state index >= 15 is 9.59 Å². The minimum absolute atomic E-state index is 0.0935. The molecule has 0 atom stereocenters. The number of aryl methyl sites for hydroxylation is 2. The van der Waals surface area contributed by atoms with E-state index in [1.807, 2.05) is 44.9 Å². The molecule has 6 aromatic heterocycles. The van der Waals surface area contributed by atoms with Gasteiger partial charge in [-0.2, -0.15) is 0 Å². The van der Waals surface area contributed by atoms with Crippen LogP contribution in [0.4, 0.5) is 0 Å². The monoisotopic (exact) mass is 994 g/mol. The number of thiazole rings is 2. The number of amides is 2. The first kappa shape index (κ1) is 48.9. The number of hydrogen-bond acceptors (Lipinski definition) is 10. The van der Waals surface area contributed by atoms with Crippen molar-refractivity contribution < 1.29 is 9.59 Å². The Morgan fingerprint density at radius 2 is 0.712 bits per heavy atom. The van der Waals surface area contributed by atoms with Gasteiger partial charge in [0, 0.05) is 64.5 Å². The van der Waals surface area contributed by atoms with Crippen molar-refractivity contribution in [2.24, 2.45) is 0 Å². The Balaban J connectivity index is 1.11. The minimum Gasteiger partial charge on any atom is -0.305 e. The normalized spacial score (nSPS) is 14.1. The Hall–Kier alpha value is -3.52. The molecule has 0 N–H and O–H groups in total. The Kier molecular flexibility index (Phi) is 17.9. The lowest BCUT2D eigenvalue weighted by Crippen LogP contribution is -2.31. The molecule has 0 unspecified atom stereocenters. The van der Waals surface area contributed by atoms with E-state index in [1.54, 1.807) is 45.3 Å². The number of aromatic nitrogens is 2. The van der Waals surface area contributed by atoms with Crippen molar-refractivity contribution in [1.82, 2.24) is 19.8 Å². The summed E-state index contributed by atoms with van der Waals surface area (Å²) < 4.78 is 0. The molecule has 0 saturated heterocycles. The summed E-state index contributed by atoms with van der Waals surface area (Å²) in [4.78, 5) is 56.5. The molecular formula is C54H66N4O2S6. The zero-order chi connectivity index (χ0) is 45.8. The van der Waals surface area contributed by atoms with Gasteiger partial charge in [-0.15, -0.1) is 68.0 Å². The lowest BCUT2D eigenvalue weighted by Gasteiger charge is -2.23. The van der Waals surface area contributed by atoms with E-state index in [0.29, 0.717) is 35.6 Å². The molecule has 6 aromatic rings. The smallest absolute Gasteiger partial charge is 0.261 e. The number of hydrogen-bond donors (Lipinski definition) is 0. The predicted molar refractivity (Wildman–Crippen MR) is 288 cm³/mol. The highest BCUT2D eigenvalue weighted by atomic mass is 32.1. The van der Waals surface area contributed by atoms with Gasteiger partial charge in [0.1, 0.15) is 10.0 Å². The van der Waals surface area contributed by atoms with Gasteiger partial charge >= 0.3 is 0 Å². The predicted octanol–water partition coefficient (Wildman–Crippen LogP) is 17.5. The van der Waals surface area contributed by atoms with Gasteiger partial charge in [0.05, 0.1) is 32.3 Å². The van der Waals surface area contributed by atoms with Crippen LogP contribution in [0.1, 0.15) is 163 Å². The van der Waals surface area contributed by atoms with Crippen LogP contribution >= 0.6 is 68.0 Å². The van der Waals surface area contributed by atoms with E-state index in [0.717, 1.165) is 93.7 Å². The molecule has 0 saturated carbocycles. The largest absolute Gasteiger partial charge is 0.305 e. The molecule has 2 amide bonds. The maximum Gasteiger partial charge on any atom is 0.261 e. The molecule has 0 spiro atoms. The molecule has 2 aliphatic rings. The van der Waals surface area contributed by atoms with Crippen LogP contribution in [0.5, 0.6) is 0 Å². The van der Waals surface area contributed by atoms with Crippen LogP contribution in [0.25, 0.3) is 50.4 Å². The lowest BCUT2D eigenvalue weighted by atomic mass is 10.1. The number of unbranched alkanes of at least 4 members (excludes halogenated alkanes) is 14. The van der Waals surface area contributed by atoms with Crippen LogP contribution in [0, 0.1) is 0 Å². The molecule has 12 heteroatoms. The van der Waals surface area contributed by atoms with E-state index < -0.39 is 0 Å². The van der Waals surface area contributed by atoms with Crippen molar-refractivity contribution in [3.8, 4) is 39.0 Å². The summed E-state index contributed by atoms with van der Waals surface area (Å²) in [6, 6.07) is 18.0. The van der Waals surface area contributed by atoms with Gasteiger partial charge in [-0.1, -0.05) is 118 Å². The van der Waals surface area contributed by atoms with E-state index in [2.05, 4.69) is 76.2 Å². The van der Waals surface area contributed by atoms with Crippen molar-refractivity contribution in [3.05, 3.63) is 91.8 Å². The molecule has 0 fully saturated rings.